The van der Waals surface area contributed by atoms with Crippen LogP contribution in [0.1, 0.15) is 12.8 Å². The largest absolute Gasteiger partial charge is 0.481 e. The molecule has 0 spiro atoms. The lowest BCUT2D eigenvalue weighted by atomic mass is 10.1. The minimum absolute atomic E-state index is 0.0620. The number of carbonyl (C=O) groups is 4. The van der Waals surface area contributed by atoms with Gasteiger partial charge >= 0.3 is 17.9 Å². The number of carboxylic acids is 3. The number of hydrogen-bond donors (Lipinski definition) is 5. The summed E-state index contributed by atoms with van der Waals surface area (Å²) in [5.41, 5.74) is 5.31. The molecule has 0 radical (unpaired) electrons. The van der Waals surface area contributed by atoms with Crippen molar-refractivity contribution in [1.29, 1.82) is 0 Å². The van der Waals surface area contributed by atoms with Crippen LogP contribution in [0.5, 0.6) is 0 Å². The Morgan fingerprint density at radius 3 is 2.15 bits per heavy atom. The van der Waals surface area contributed by atoms with Crippen molar-refractivity contribution >= 4 is 23.8 Å². The zero-order valence-corrected chi connectivity index (χ0v) is 10.5. The first-order chi connectivity index (χ1) is 9.25. The smallest absolute Gasteiger partial charge is 0.322 e. The first-order valence-corrected chi connectivity index (χ1v) is 5.96. The molecule has 4 atom stereocenters. The zero-order chi connectivity index (χ0) is 15.4. The summed E-state index contributed by atoms with van der Waals surface area (Å²) < 4.78 is 0. The molecule has 9 nitrogen and oxygen atoms in total. The summed E-state index contributed by atoms with van der Waals surface area (Å²) in [6.45, 7) is -0.580. The number of aliphatic carboxylic acids is 3. The van der Waals surface area contributed by atoms with Crippen LogP contribution in [0.15, 0.2) is 0 Å². The number of nitrogens with one attached hydrogen (secondary N) is 1. The summed E-state index contributed by atoms with van der Waals surface area (Å²) in [5.74, 6) is -6.47. The van der Waals surface area contributed by atoms with E-state index in [0.29, 0.717) is 0 Å². The molecule has 6 N–H and O–H groups in total. The van der Waals surface area contributed by atoms with E-state index in [0.717, 1.165) is 0 Å². The van der Waals surface area contributed by atoms with Gasteiger partial charge < -0.3 is 26.4 Å². The lowest BCUT2D eigenvalue weighted by Crippen LogP contribution is -2.32. The van der Waals surface area contributed by atoms with Gasteiger partial charge in [0.15, 0.2) is 0 Å². The van der Waals surface area contributed by atoms with Gasteiger partial charge in [-0.3, -0.25) is 19.2 Å². The molecule has 0 aromatic heterocycles. The van der Waals surface area contributed by atoms with Gasteiger partial charge in [-0.05, 0) is 18.8 Å². The topological polar surface area (TPSA) is 167 Å². The molecule has 0 aliphatic heterocycles. The van der Waals surface area contributed by atoms with Crippen LogP contribution in [0.3, 0.4) is 0 Å². The molecule has 1 saturated carbocycles. The summed E-state index contributed by atoms with van der Waals surface area (Å²) in [4.78, 5) is 43.5. The van der Waals surface area contributed by atoms with Gasteiger partial charge in [-0.25, -0.2) is 0 Å². The van der Waals surface area contributed by atoms with Crippen LogP contribution >= 0.6 is 0 Å². The summed E-state index contributed by atoms with van der Waals surface area (Å²) in [7, 11) is 0. The number of rotatable bonds is 8. The van der Waals surface area contributed by atoms with Crippen molar-refractivity contribution in [2.45, 2.75) is 18.9 Å². The van der Waals surface area contributed by atoms with E-state index in [9.17, 15) is 19.2 Å². The van der Waals surface area contributed by atoms with Crippen LogP contribution in [-0.4, -0.2) is 51.7 Å². The van der Waals surface area contributed by atoms with E-state index in [4.69, 9.17) is 21.1 Å². The lowest BCUT2D eigenvalue weighted by Gasteiger charge is -2.05. The molecule has 1 fully saturated rings. The van der Waals surface area contributed by atoms with Crippen molar-refractivity contribution in [2.75, 3.05) is 6.54 Å². The van der Waals surface area contributed by atoms with Gasteiger partial charge in [0.25, 0.3) is 0 Å². The van der Waals surface area contributed by atoms with E-state index in [1.54, 1.807) is 0 Å². The van der Waals surface area contributed by atoms with Crippen LogP contribution in [0.2, 0.25) is 0 Å². The minimum atomic E-state index is -1.23. The Hall–Kier alpha value is -2.16. The third-order valence-electron chi connectivity index (χ3n) is 3.30. The van der Waals surface area contributed by atoms with Crippen molar-refractivity contribution in [3.63, 3.8) is 0 Å². The normalized spacial score (nSPS) is 25.6. The van der Waals surface area contributed by atoms with E-state index in [2.05, 4.69) is 5.32 Å². The Kier molecular flexibility index (Phi) is 5.03. The van der Waals surface area contributed by atoms with Gasteiger partial charge in [0.2, 0.25) is 5.91 Å². The molecule has 1 aliphatic rings. The predicted molar refractivity (Wildman–Crippen MR) is 63.6 cm³/mol. The Balaban J connectivity index is 2.53. The number of hydrogen-bond acceptors (Lipinski definition) is 5. The number of amides is 1. The molecule has 112 valence electrons. The second-order valence-electron chi connectivity index (χ2n) is 4.69. The molecule has 0 aromatic rings. The fraction of sp³-hybridized carbons (Fsp3) is 0.636. The fourth-order valence-electron chi connectivity index (χ4n) is 2.20. The minimum Gasteiger partial charge on any atom is -0.481 e. The molecular weight excluding hydrogens is 272 g/mol. The maximum Gasteiger partial charge on any atom is 0.322 e. The van der Waals surface area contributed by atoms with Crippen molar-refractivity contribution in [1.82, 2.24) is 5.32 Å². The Morgan fingerprint density at radius 1 is 1.10 bits per heavy atom. The van der Waals surface area contributed by atoms with E-state index in [-0.39, 0.29) is 12.8 Å². The molecule has 0 heterocycles. The lowest BCUT2D eigenvalue weighted by molar-refractivity contribution is -0.140. The van der Waals surface area contributed by atoms with Gasteiger partial charge in [0.1, 0.15) is 12.6 Å². The van der Waals surface area contributed by atoms with Gasteiger partial charge in [0.05, 0.1) is 11.8 Å². The highest BCUT2D eigenvalue weighted by atomic mass is 16.4. The highest BCUT2D eigenvalue weighted by Gasteiger charge is 2.58. The van der Waals surface area contributed by atoms with E-state index in [1.165, 1.54) is 0 Å². The molecule has 0 unspecified atom stereocenters. The van der Waals surface area contributed by atoms with Crippen LogP contribution in [0.4, 0.5) is 0 Å². The monoisotopic (exact) mass is 288 g/mol. The summed E-state index contributed by atoms with van der Waals surface area (Å²) in [6.07, 6.45) is 0.252. The molecule has 20 heavy (non-hydrogen) atoms. The van der Waals surface area contributed by atoms with Gasteiger partial charge in [0, 0.05) is 0 Å². The molecule has 0 aromatic carbocycles. The standard InChI is InChI=1S/C11H16N2O7/c12-5(10(17)18)2-1-4-7(8(4)11(19)20)9(16)13-3-6(14)15/h4-5,7-8H,1-3,12H2,(H,13,16)(H,14,15)(H,17,18)(H,19,20)/t4-,5+,7+,8+/m0/s1. The van der Waals surface area contributed by atoms with Crippen molar-refractivity contribution in [3.8, 4) is 0 Å². The van der Waals surface area contributed by atoms with E-state index >= 15 is 0 Å². The van der Waals surface area contributed by atoms with Crippen LogP contribution in [-0.2, 0) is 19.2 Å². The number of carboxylic acid groups (broad SMARTS) is 3. The average molecular weight is 288 g/mol. The van der Waals surface area contributed by atoms with Crippen LogP contribution < -0.4 is 11.1 Å². The Bertz CT molecular complexity index is 436. The highest BCUT2D eigenvalue weighted by molar-refractivity contribution is 5.91. The van der Waals surface area contributed by atoms with E-state index in [1.807, 2.05) is 0 Å². The summed E-state index contributed by atoms with van der Waals surface area (Å²) in [5, 5.41) is 28.1. The fourth-order valence-corrected chi connectivity index (χ4v) is 2.20. The Morgan fingerprint density at radius 2 is 1.70 bits per heavy atom. The molecule has 0 saturated heterocycles. The van der Waals surface area contributed by atoms with Gasteiger partial charge in [-0.2, -0.15) is 0 Å². The maximum absolute atomic E-state index is 11.6. The SMILES string of the molecule is N[C@H](CC[C@@H]1[C@@H](C(=O)O)[C@@H]1C(=O)NCC(=O)O)C(=O)O. The van der Waals surface area contributed by atoms with Crippen molar-refractivity contribution < 1.29 is 34.5 Å². The predicted octanol–water partition coefficient (Wildman–Crippen LogP) is -1.67. The van der Waals surface area contributed by atoms with Crippen LogP contribution in [0, 0.1) is 17.8 Å². The first-order valence-electron chi connectivity index (χ1n) is 5.96. The molecule has 1 aliphatic carbocycles. The number of carbonyl (C=O) groups excluding carboxylic acids is 1. The second-order valence-corrected chi connectivity index (χ2v) is 4.69. The summed E-state index contributed by atoms with van der Waals surface area (Å²) >= 11 is 0. The zero-order valence-electron chi connectivity index (χ0n) is 10.5. The molecule has 1 rings (SSSR count). The average Bonchev–Trinajstić information content (AvgIpc) is 3.07. The van der Waals surface area contributed by atoms with Gasteiger partial charge in [-0.15, -0.1) is 0 Å². The first kappa shape index (κ1) is 15.9. The molecule has 9 heteroatoms. The van der Waals surface area contributed by atoms with Crippen molar-refractivity contribution in [2.24, 2.45) is 23.5 Å². The quantitative estimate of drug-likeness (QED) is 0.353. The molecule has 1 amide bonds. The summed E-state index contributed by atoms with van der Waals surface area (Å²) in [6, 6.07) is -1.10. The van der Waals surface area contributed by atoms with E-state index < -0.39 is 54.2 Å². The highest BCUT2D eigenvalue weighted by Crippen LogP contribution is 2.49. The molecule has 0 bridgehead atoms. The third kappa shape index (κ3) is 3.92. The number of nitrogens with two attached hydrogens (primary N) is 1. The Labute approximate surface area is 113 Å². The second kappa shape index (κ2) is 6.33. The van der Waals surface area contributed by atoms with Gasteiger partial charge in [-0.1, -0.05) is 0 Å². The maximum atomic E-state index is 11.6. The molecular formula is C11H16N2O7. The van der Waals surface area contributed by atoms with Crippen LogP contribution in [0.25, 0.3) is 0 Å². The third-order valence-corrected chi connectivity index (χ3v) is 3.30. The van der Waals surface area contributed by atoms with Crippen molar-refractivity contribution in [3.05, 3.63) is 0 Å².